The van der Waals surface area contributed by atoms with Gasteiger partial charge < -0.3 is 15.7 Å². The smallest absolute Gasteiger partial charge is 0.311 e. The minimum atomic E-state index is -0.566. The normalized spacial score (nSPS) is 11.2. The number of hydrogen-bond acceptors (Lipinski definition) is 5. The van der Waals surface area contributed by atoms with E-state index in [0.29, 0.717) is 5.02 Å². The van der Waals surface area contributed by atoms with Crippen molar-refractivity contribution in [2.75, 3.05) is 0 Å². The van der Waals surface area contributed by atoms with Gasteiger partial charge in [-0.3, -0.25) is 10.1 Å². The minimum Gasteiger partial charge on any atom is -0.449 e. The van der Waals surface area contributed by atoms with E-state index in [9.17, 15) is 10.1 Å². The van der Waals surface area contributed by atoms with Gasteiger partial charge in [0.05, 0.1) is 10.5 Å². The molecular weight excluding hydrogens is 298 g/mol. The van der Waals surface area contributed by atoms with Crippen molar-refractivity contribution < 1.29 is 14.9 Å². The lowest BCUT2D eigenvalue weighted by Crippen LogP contribution is -2.14. The molecule has 0 atom stereocenters. The number of nitrogens with two attached hydrogens (primary N) is 1. The summed E-state index contributed by atoms with van der Waals surface area (Å²) in [6.07, 6.45) is 0. The van der Waals surface area contributed by atoms with Gasteiger partial charge in [0, 0.05) is 17.2 Å². The van der Waals surface area contributed by atoms with Crippen LogP contribution in [0.1, 0.15) is 5.56 Å². The van der Waals surface area contributed by atoms with Crippen LogP contribution in [0, 0.1) is 10.1 Å². The molecule has 0 aliphatic carbocycles. The highest BCUT2D eigenvalue weighted by Crippen LogP contribution is 2.33. The molecule has 0 amide bonds. The topological polar surface area (TPSA) is 111 Å². The van der Waals surface area contributed by atoms with Gasteiger partial charge in [-0.25, -0.2) is 0 Å². The Bertz CT molecular complexity index is 718. The maximum atomic E-state index is 11.0. The van der Waals surface area contributed by atoms with E-state index in [0.717, 1.165) is 0 Å². The lowest BCUT2D eigenvalue weighted by Gasteiger charge is -2.10. The summed E-state index contributed by atoms with van der Waals surface area (Å²) in [5, 5.41) is 23.0. The first-order chi connectivity index (χ1) is 10.0. The van der Waals surface area contributed by atoms with Crippen LogP contribution in [0.2, 0.25) is 5.02 Å². The van der Waals surface area contributed by atoms with E-state index in [1.54, 1.807) is 6.07 Å². The van der Waals surface area contributed by atoms with Crippen molar-refractivity contribution in [2.24, 2.45) is 10.9 Å². The summed E-state index contributed by atoms with van der Waals surface area (Å²) >= 11 is 5.88. The highest BCUT2D eigenvalue weighted by Gasteiger charge is 2.17. The first kappa shape index (κ1) is 14.6. The molecule has 0 aliphatic heterocycles. The first-order valence-corrected chi connectivity index (χ1v) is 6.09. The fraction of sp³-hybridized carbons (Fsp3) is 0. The Labute approximate surface area is 124 Å². The monoisotopic (exact) mass is 307 g/mol. The van der Waals surface area contributed by atoms with Gasteiger partial charge in [-0.15, -0.1) is 0 Å². The number of rotatable bonds is 4. The Morgan fingerprint density at radius 1 is 1.29 bits per heavy atom. The standard InChI is InChI=1S/C13H10ClN3O4/c14-8-5-6-9(13(15)16-18)12(7-8)21-11-4-2-1-3-10(11)17(19)20/h1-7,18H,(H2,15,16). The fourth-order valence-electron chi connectivity index (χ4n) is 1.66. The fourth-order valence-corrected chi connectivity index (χ4v) is 1.82. The minimum absolute atomic E-state index is 0.0248. The summed E-state index contributed by atoms with van der Waals surface area (Å²) in [5.41, 5.74) is 5.60. The summed E-state index contributed by atoms with van der Waals surface area (Å²) in [5.74, 6) is -0.0240. The third-order valence-electron chi connectivity index (χ3n) is 2.61. The zero-order valence-corrected chi connectivity index (χ0v) is 11.3. The van der Waals surface area contributed by atoms with Crippen molar-refractivity contribution in [3.63, 3.8) is 0 Å². The summed E-state index contributed by atoms with van der Waals surface area (Å²) in [6, 6.07) is 10.3. The van der Waals surface area contributed by atoms with Gasteiger partial charge >= 0.3 is 5.69 Å². The molecule has 0 fully saturated rings. The van der Waals surface area contributed by atoms with Crippen molar-refractivity contribution in [1.82, 2.24) is 0 Å². The van der Waals surface area contributed by atoms with E-state index in [1.807, 2.05) is 0 Å². The van der Waals surface area contributed by atoms with Crippen molar-refractivity contribution in [3.05, 3.63) is 63.2 Å². The van der Waals surface area contributed by atoms with E-state index >= 15 is 0 Å². The van der Waals surface area contributed by atoms with Crippen LogP contribution in [0.4, 0.5) is 5.69 Å². The van der Waals surface area contributed by atoms with Crippen molar-refractivity contribution in [1.29, 1.82) is 0 Å². The zero-order chi connectivity index (χ0) is 15.4. The Kier molecular flexibility index (Phi) is 4.24. The molecular formula is C13H10ClN3O4. The highest BCUT2D eigenvalue weighted by molar-refractivity contribution is 6.30. The molecule has 7 nitrogen and oxygen atoms in total. The zero-order valence-electron chi connectivity index (χ0n) is 10.6. The van der Waals surface area contributed by atoms with Gasteiger partial charge in [-0.1, -0.05) is 28.9 Å². The summed E-state index contributed by atoms with van der Waals surface area (Å²) < 4.78 is 5.51. The second kappa shape index (κ2) is 6.10. The number of nitro benzene ring substituents is 1. The molecule has 0 aliphatic rings. The Balaban J connectivity index is 2.49. The van der Waals surface area contributed by atoms with E-state index in [1.165, 1.54) is 36.4 Å². The van der Waals surface area contributed by atoms with E-state index < -0.39 is 4.92 Å². The van der Waals surface area contributed by atoms with Gasteiger partial charge in [0.25, 0.3) is 0 Å². The molecule has 0 radical (unpaired) electrons. The number of oxime groups is 1. The van der Waals surface area contributed by atoms with Gasteiger partial charge in [-0.05, 0) is 18.2 Å². The molecule has 2 aromatic rings. The number of amidine groups is 1. The van der Waals surface area contributed by atoms with Crippen LogP contribution in [0.3, 0.4) is 0 Å². The van der Waals surface area contributed by atoms with Crippen LogP contribution in [-0.2, 0) is 0 Å². The maximum Gasteiger partial charge on any atom is 0.311 e. The number of ether oxygens (including phenoxy) is 1. The molecule has 2 aromatic carbocycles. The van der Waals surface area contributed by atoms with Crippen molar-refractivity contribution in [2.45, 2.75) is 0 Å². The average Bonchev–Trinajstić information content (AvgIpc) is 2.47. The van der Waals surface area contributed by atoms with Crippen LogP contribution >= 0.6 is 11.6 Å². The molecule has 0 heterocycles. The molecule has 2 rings (SSSR count). The van der Waals surface area contributed by atoms with Crippen LogP contribution in [-0.4, -0.2) is 16.0 Å². The molecule has 0 unspecified atom stereocenters. The third-order valence-corrected chi connectivity index (χ3v) is 2.84. The number of halogens is 1. The number of benzene rings is 2. The quantitative estimate of drug-likeness (QED) is 0.296. The van der Waals surface area contributed by atoms with Crippen molar-refractivity contribution in [3.8, 4) is 11.5 Å². The number of para-hydroxylation sites is 2. The highest BCUT2D eigenvalue weighted by atomic mass is 35.5. The number of nitrogens with zero attached hydrogens (tertiary/aromatic N) is 2. The molecule has 0 saturated carbocycles. The van der Waals surface area contributed by atoms with Crippen LogP contribution in [0.5, 0.6) is 11.5 Å². The van der Waals surface area contributed by atoms with Crippen molar-refractivity contribution >= 4 is 23.1 Å². The summed E-state index contributed by atoms with van der Waals surface area (Å²) in [4.78, 5) is 10.4. The predicted octanol–water partition coefficient (Wildman–Crippen LogP) is 3.14. The third kappa shape index (κ3) is 3.21. The van der Waals surface area contributed by atoms with Gasteiger partial charge in [0.15, 0.2) is 5.84 Å². The predicted molar refractivity (Wildman–Crippen MR) is 77.1 cm³/mol. The molecule has 21 heavy (non-hydrogen) atoms. The Morgan fingerprint density at radius 3 is 2.67 bits per heavy atom. The van der Waals surface area contributed by atoms with E-state index in [2.05, 4.69) is 5.16 Å². The SMILES string of the molecule is NC(=NO)c1ccc(Cl)cc1Oc1ccccc1[N+](=O)[O-]. The molecule has 0 aromatic heterocycles. The Morgan fingerprint density at radius 2 is 2.00 bits per heavy atom. The second-order valence-electron chi connectivity index (χ2n) is 3.95. The molecule has 3 N–H and O–H groups in total. The van der Waals surface area contributed by atoms with Gasteiger partial charge in [0.1, 0.15) is 5.75 Å². The van der Waals surface area contributed by atoms with E-state index in [4.69, 9.17) is 27.3 Å². The maximum absolute atomic E-state index is 11.0. The molecule has 8 heteroatoms. The largest absolute Gasteiger partial charge is 0.449 e. The molecule has 0 bridgehead atoms. The molecule has 0 spiro atoms. The number of hydrogen-bond donors (Lipinski definition) is 2. The first-order valence-electron chi connectivity index (χ1n) is 5.71. The Hall–Kier alpha value is -2.80. The lowest BCUT2D eigenvalue weighted by molar-refractivity contribution is -0.385. The van der Waals surface area contributed by atoms with E-state index in [-0.39, 0.29) is 28.6 Å². The number of nitro groups is 1. The summed E-state index contributed by atoms with van der Waals surface area (Å²) in [6.45, 7) is 0. The van der Waals surface area contributed by atoms with Crippen LogP contribution in [0.15, 0.2) is 47.6 Å². The average molecular weight is 308 g/mol. The van der Waals surface area contributed by atoms with Crippen LogP contribution in [0.25, 0.3) is 0 Å². The second-order valence-corrected chi connectivity index (χ2v) is 4.39. The van der Waals surface area contributed by atoms with Crippen LogP contribution < -0.4 is 10.5 Å². The molecule has 0 saturated heterocycles. The lowest BCUT2D eigenvalue weighted by atomic mass is 10.2. The van der Waals surface area contributed by atoms with Gasteiger partial charge in [0.2, 0.25) is 5.75 Å². The molecule has 108 valence electrons. The summed E-state index contributed by atoms with van der Waals surface area (Å²) in [7, 11) is 0. The van der Waals surface area contributed by atoms with Gasteiger partial charge in [-0.2, -0.15) is 0 Å².